The van der Waals surface area contributed by atoms with Crippen LogP contribution in [0.4, 0.5) is 5.69 Å². The van der Waals surface area contributed by atoms with Gasteiger partial charge in [0.05, 0.1) is 11.1 Å². The minimum Gasteiger partial charge on any atom is -0.423 e. The van der Waals surface area contributed by atoms with Crippen LogP contribution in [0.2, 0.25) is 0 Å². The standard InChI is InChI=1S/C20H18N2O3/c1-12-4-9-19-17(10-12)18(11-13(2)21-19)20(24)25-16-7-5-15(6-8-16)22-14(3)23/h4-11H,1-3H3,(H,22,23). The van der Waals surface area contributed by atoms with E-state index in [0.717, 1.165) is 22.2 Å². The molecule has 126 valence electrons. The summed E-state index contributed by atoms with van der Waals surface area (Å²) >= 11 is 0. The number of nitrogens with zero attached hydrogens (tertiary/aromatic N) is 1. The third kappa shape index (κ3) is 3.83. The van der Waals surface area contributed by atoms with Crippen molar-refractivity contribution in [1.82, 2.24) is 4.98 Å². The molecule has 1 amide bonds. The van der Waals surface area contributed by atoms with Gasteiger partial charge in [-0.25, -0.2) is 4.79 Å². The second kappa shape index (κ2) is 6.73. The van der Waals surface area contributed by atoms with Gasteiger partial charge in [0.15, 0.2) is 0 Å². The Labute approximate surface area is 145 Å². The van der Waals surface area contributed by atoms with E-state index >= 15 is 0 Å². The number of nitrogens with one attached hydrogen (secondary N) is 1. The highest BCUT2D eigenvalue weighted by atomic mass is 16.5. The molecule has 0 radical (unpaired) electrons. The number of esters is 1. The van der Waals surface area contributed by atoms with Crippen molar-refractivity contribution in [2.75, 3.05) is 5.32 Å². The summed E-state index contributed by atoms with van der Waals surface area (Å²) in [6.07, 6.45) is 0. The van der Waals surface area contributed by atoms with Gasteiger partial charge in [-0.1, -0.05) is 11.6 Å². The molecule has 0 atom stereocenters. The number of aryl methyl sites for hydroxylation is 2. The third-order valence-corrected chi connectivity index (χ3v) is 3.70. The van der Waals surface area contributed by atoms with Crippen LogP contribution in [0.5, 0.6) is 5.75 Å². The molecule has 5 nitrogen and oxygen atoms in total. The lowest BCUT2D eigenvalue weighted by atomic mass is 10.1. The van der Waals surface area contributed by atoms with Crippen molar-refractivity contribution in [3.63, 3.8) is 0 Å². The number of aromatic nitrogens is 1. The van der Waals surface area contributed by atoms with Crippen LogP contribution in [0.15, 0.2) is 48.5 Å². The van der Waals surface area contributed by atoms with Crippen molar-refractivity contribution < 1.29 is 14.3 Å². The van der Waals surface area contributed by atoms with Gasteiger partial charge in [0, 0.05) is 23.7 Å². The molecular formula is C20H18N2O3. The Kier molecular flexibility index (Phi) is 4.48. The smallest absolute Gasteiger partial charge is 0.344 e. The molecule has 0 saturated heterocycles. The van der Waals surface area contributed by atoms with Crippen LogP contribution >= 0.6 is 0 Å². The minimum atomic E-state index is -0.437. The fourth-order valence-electron chi connectivity index (χ4n) is 2.61. The lowest BCUT2D eigenvalue weighted by Gasteiger charge is -2.09. The number of amides is 1. The second-order valence-electron chi connectivity index (χ2n) is 5.93. The van der Waals surface area contributed by atoms with E-state index in [1.807, 2.05) is 32.0 Å². The maximum atomic E-state index is 12.6. The number of benzene rings is 2. The predicted octanol–water partition coefficient (Wildman–Crippen LogP) is 4.03. The Morgan fingerprint density at radius 2 is 1.72 bits per heavy atom. The first-order valence-electron chi connectivity index (χ1n) is 7.90. The van der Waals surface area contributed by atoms with Gasteiger partial charge in [-0.05, 0) is 56.3 Å². The van der Waals surface area contributed by atoms with Crippen LogP contribution < -0.4 is 10.1 Å². The van der Waals surface area contributed by atoms with Crippen molar-refractivity contribution in [3.05, 3.63) is 65.4 Å². The van der Waals surface area contributed by atoms with Gasteiger partial charge < -0.3 is 10.1 Å². The van der Waals surface area contributed by atoms with Crippen LogP contribution in [0.3, 0.4) is 0 Å². The zero-order chi connectivity index (χ0) is 18.0. The van der Waals surface area contributed by atoms with Crippen molar-refractivity contribution in [2.24, 2.45) is 0 Å². The van der Waals surface area contributed by atoms with E-state index < -0.39 is 5.97 Å². The second-order valence-corrected chi connectivity index (χ2v) is 5.93. The van der Waals surface area contributed by atoms with Crippen LogP contribution in [0.1, 0.15) is 28.5 Å². The van der Waals surface area contributed by atoms with Gasteiger partial charge in [0.25, 0.3) is 0 Å². The van der Waals surface area contributed by atoms with Crippen molar-refractivity contribution in [1.29, 1.82) is 0 Å². The van der Waals surface area contributed by atoms with E-state index in [4.69, 9.17) is 4.74 Å². The average molecular weight is 334 g/mol. The molecule has 0 bridgehead atoms. The molecule has 2 aromatic carbocycles. The molecule has 1 heterocycles. The normalized spacial score (nSPS) is 10.5. The first-order valence-corrected chi connectivity index (χ1v) is 7.90. The number of hydrogen-bond acceptors (Lipinski definition) is 4. The SMILES string of the molecule is CC(=O)Nc1ccc(OC(=O)c2cc(C)nc3ccc(C)cc23)cc1. The number of anilines is 1. The molecular weight excluding hydrogens is 316 g/mol. The van der Waals surface area contributed by atoms with Gasteiger partial charge in [0.2, 0.25) is 5.91 Å². The van der Waals surface area contributed by atoms with E-state index in [1.54, 1.807) is 30.3 Å². The fourth-order valence-corrected chi connectivity index (χ4v) is 2.61. The topological polar surface area (TPSA) is 68.3 Å². The lowest BCUT2D eigenvalue weighted by molar-refractivity contribution is -0.114. The summed E-state index contributed by atoms with van der Waals surface area (Å²) in [5, 5.41) is 3.44. The quantitative estimate of drug-likeness (QED) is 0.580. The summed E-state index contributed by atoms with van der Waals surface area (Å²) in [7, 11) is 0. The van der Waals surface area contributed by atoms with Gasteiger partial charge in [-0.2, -0.15) is 0 Å². The summed E-state index contributed by atoms with van der Waals surface area (Å²) < 4.78 is 5.48. The number of rotatable bonds is 3. The van der Waals surface area contributed by atoms with Crippen LogP contribution in [0.25, 0.3) is 10.9 Å². The molecule has 0 aliphatic carbocycles. The molecule has 0 aliphatic heterocycles. The number of pyridine rings is 1. The first-order chi connectivity index (χ1) is 11.9. The highest BCUT2D eigenvalue weighted by molar-refractivity contribution is 6.04. The number of ether oxygens (including phenoxy) is 1. The Bertz CT molecular complexity index is 963. The zero-order valence-corrected chi connectivity index (χ0v) is 14.3. The lowest BCUT2D eigenvalue weighted by Crippen LogP contribution is -2.10. The molecule has 1 aromatic heterocycles. The number of fused-ring (bicyclic) bond motifs is 1. The fraction of sp³-hybridized carbons (Fsp3) is 0.150. The third-order valence-electron chi connectivity index (χ3n) is 3.70. The average Bonchev–Trinajstić information content (AvgIpc) is 2.56. The van der Waals surface area contributed by atoms with Gasteiger partial charge in [0.1, 0.15) is 5.75 Å². The molecule has 5 heteroatoms. The Balaban J connectivity index is 1.89. The van der Waals surface area contributed by atoms with E-state index in [1.165, 1.54) is 6.92 Å². The Morgan fingerprint density at radius 3 is 2.40 bits per heavy atom. The van der Waals surface area contributed by atoms with Crippen molar-refractivity contribution in [3.8, 4) is 5.75 Å². The number of hydrogen-bond donors (Lipinski definition) is 1. The number of carbonyl (C=O) groups is 2. The maximum absolute atomic E-state index is 12.6. The predicted molar refractivity (Wildman–Crippen MR) is 96.9 cm³/mol. The van der Waals surface area contributed by atoms with E-state index in [2.05, 4.69) is 10.3 Å². The summed E-state index contributed by atoms with van der Waals surface area (Å²) in [4.78, 5) is 28.1. The molecule has 0 saturated carbocycles. The molecule has 0 unspecified atom stereocenters. The Morgan fingerprint density at radius 1 is 1.00 bits per heavy atom. The first kappa shape index (κ1) is 16.6. The molecule has 3 aromatic rings. The largest absolute Gasteiger partial charge is 0.423 e. The van der Waals surface area contributed by atoms with Crippen molar-refractivity contribution in [2.45, 2.75) is 20.8 Å². The van der Waals surface area contributed by atoms with E-state index in [0.29, 0.717) is 17.0 Å². The van der Waals surface area contributed by atoms with E-state index in [-0.39, 0.29) is 5.91 Å². The molecule has 3 rings (SSSR count). The maximum Gasteiger partial charge on any atom is 0.344 e. The van der Waals surface area contributed by atoms with Crippen LogP contribution in [-0.2, 0) is 4.79 Å². The summed E-state index contributed by atoms with van der Waals surface area (Å²) in [6.45, 7) is 5.25. The molecule has 0 aliphatic rings. The van der Waals surface area contributed by atoms with Crippen LogP contribution in [0, 0.1) is 13.8 Å². The zero-order valence-electron chi connectivity index (χ0n) is 14.3. The summed E-state index contributed by atoms with van der Waals surface area (Å²) in [6, 6.07) is 14.2. The number of carbonyl (C=O) groups excluding carboxylic acids is 2. The highest BCUT2D eigenvalue weighted by Gasteiger charge is 2.14. The summed E-state index contributed by atoms with van der Waals surface area (Å²) in [5.41, 5.74) is 3.69. The van der Waals surface area contributed by atoms with Crippen molar-refractivity contribution >= 4 is 28.5 Å². The van der Waals surface area contributed by atoms with E-state index in [9.17, 15) is 9.59 Å². The monoisotopic (exact) mass is 334 g/mol. The summed E-state index contributed by atoms with van der Waals surface area (Å²) in [5.74, 6) is -0.179. The van der Waals surface area contributed by atoms with Gasteiger partial charge in [-0.3, -0.25) is 9.78 Å². The molecule has 25 heavy (non-hydrogen) atoms. The minimum absolute atomic E-state index is 0.154. The molecule has 0 fully saturated rings. The molecule has 0 spiro atoms. The van der Waals surface area contributed by atoms with Crippen LogP contribution in [-0.4, -0.2) is 16.9 Å². The Hall–Kier alpha value is -3.21. The van der Waals surface area contributed by atoms with Gasteiger partial charge in [-0.15, -0.1) is 0 Å². The molecule has 1 N–H and O–H groups in total. The van der Waals surface area contributed by atoms with Gasteiger partial charge >= 0.3 is 5.97 Å². The highest BCUT2D eigenvalue weighted by Crippen LogP contribution is 2.23.